The molecule has 7 heteroatoms. The normalized spacial score (nSPS) is 18.2. The molecule has 0 aliphatic carbocycles. The second-order valence-corrected chi connectivity index (χ2v) is 7.46. The minimum Gasteiger partial charge on any atom is -0.443 e. The molecule has 0 unspecified atom stereocenters. The number of aromatic nitrogens is 1. The van der Waals surface area contributed by atoms with E-state index in [4.69, 9.17) is 4.74 Å². The first kappa shape index (κ1) is 18.0. The fraction of sp³-hybridized carbons (Fsp3) is 0.421. The molecule has 3 rings (SSSR count). The van der Waals surface area contributed by atoms with E-state index in [0.29, 0.717) is 11.9 Å². The Morgan fingerprint density at radius 1 is 1.27 bits per heavy atom. The molecule has 1 aliphatic rings. The van der Waals surface area contributed by atoms with Gasteiger partial charge in [-0.1, -0.05) is 18.2 Å². The zero-order chi connectivity index (χ0) is 19.1. The fourth-order valence-corrected chi connectivity index (χ4v) is 3.07. The Kier molecular flexibility index (Phi) is 4.48. The molecule has 1 atom stereocenters. The van der Waals surface area contributed by atoms with Crippen molar-refractivity contribution >= 4 is 28.8 Å². The number of ether oxygens (including phenoxy) is 1. The quantitative estimate of drug-likeness (QED) is 0.890. The van der Waals surface area contributed by atoms with Crippen LogP contribution in [0.5, 0.6) is 0 Å². The van der Waals surface area contributed by atoms with Crippen molar-refractivity contribution in [2.75, 3.05) is 13.6 Å². The number of para-hydroxylation sites is 1. The number of hydrogen-bond donors (Lipinski definition) is 1. The summed E-state index contributed by atoms with van der Waals surface area (Å²) in [5, 5.41) is 3.47. The van der Waals surface area contributed by atoms with E-state index >= 15 is 0 Å². The maximum Gasteiger partial charge on any atom is 0.419 e. The number of carbonyl (C=O) groups excluding carboxylic acids is 3. The first-order chi connectivity index (χ1) is 12.2. The van der Waals surface area contributed by atoms with Crippen LogP contribution >= 0.6 is 0 Å². The first-order valence-corrected chi connectivity index (χ1v) is 8.53. The first-order valence-electron chi connectivity index (χ1n) is 8.53. The molecule has 1 aromatic carbocycles. The molecular formula is C19H23N3O4. The standard InChI is InChI=1S/C19H23N3O4/c1-19(2,3)26-18(25)22-11-12(13-7-5-6-8-14(13)22)9-15-17(24)20-10-16(23)21(15)4/h5-8,11,15H,9-10H2,1-4H3,(H,20,24)/t15-/m0/s1. The van der Waals surface area contributed by atoms with Crippen LogP contribution in [0.4, 0.5) is 4.79 Å². The van der Waals surface area contributed by atoms with Crippen molar-refractivity contribution in [1.29, 1.82) is 0 Å². The number of carbonyl (C=O) groups is 3. The summed E-state index contributed by atoms with van der Waals surface area (Å²) in [6, 6.07) is 6.85. The molecule has 1 saturated heterocycles. The third-order valence-corrected chi connectivity index (χ3v) is 4.38. The maximum absolute atomic E-state index is 12.6. The SMILES string of the molecule is CN1C(=O)CNC(=O)[C@@H]1Cc1cn(C(=O)OC(C)(C)C)c2ccccc12. The third kappa shape index (κ3) is 3.42. The molecule has 26 heavy (non-hydrogen) atoms. The van der Waals surface area contributed by atoms with Crippen LogP contribution in [-0.4, -0.2) is 52.6 Å². The molecule has 0 spiro atoms. The number of benzene rings is 1. The predicted molar refractivity (Wildman–Crippen MR) is 96.8 cm³/mol. The Morgan fingerprint density at radius 3 is 2.65 bits per heavy atom. The molecule has 0 bridgehead atoms. The molecule has 1 aromatic heterocycles. The zero-order valence-electron chi connectivity index (χ0n) is 15.4. The molecule has 0 radical (unpaired) electrons. The average Bonchev–Trinajstić information content (AvgIpc) is 2.93. The van der Waals surface area contributed by atoms with E-state index in [-0.39, 0.29) is 18.4 Å². The highest BCUT2D eigenvalue weighted by molar-refractivity contribution is 5.96. The van der Waals surface area contributed by atoms with Gasteiger partial charge in [-0.05, 0) is 32.4 Å². The van der Waals surface area contributed by atoms with Gasteiger partial charge in [-0.3, -0.25) is 14.2 Å². The van der Waals surface area contributed by atoms with Gasteiger partial charge in [0.2, 0.25) is 11.8 Å². The Bertz CT molecular complexity index is 879. The van der Waals surface area contributed by atoms with E-state index in [1.165, 1.54) is 9.47 Å². The van der Waals surface area contributed by atoms with Crippen LogP contribution in [0.3, 0.4) is 0 Å². The van der Waals surface area contributed by atoms with Gasteiger partial charge in [-0.2, -0.15) is 0 Å². The van der Waals surface area contributed by atoms with Crippen molar-refractivity contribution in [3.8, 4) is 0 Å². The molecule has 0 saturated carbocycles. The average molecular weight is 357 g/mol. The van der Waals surface area contributed by atoms with Gasteiger partial charge in [0.05, 0.1) is 12.1 Å². The molecular weight excluding hydrogens is 334 g/mol. The Hall–Kier alpha value is -2.83. The van der Waals surface area contributed by atoms with Crippen molar-refractivity contribution in [1.82, 2.24) is 14.8 Å². The number of hydrogen-bond acceptors (Lipinski definition) is 4. The van der Waals surface area contributed by atoms with Gasteiger partial charge < -0.3 is 15.0 Å². The molecule has 1 aliphatic heterocycles. The van der Waals surface area contributed by atoms with Gasteiger partial charge in [0.1, 0.15) is 11.6 Å². The van der Waals surface area contributed by atoms with Crippen molar-refractivity contribution in [3.05, 3.63) is 36.0 Å². The van der Waals surface area contributed by atoms with E-state index in [1.54, 1.807) is 13.2 Å². The summed E-state index contributed by atoms with van der Waals surface area (Å²) in [5.74, 6) is -0.327. The molecule has 7 nitrogen and oxygen atoms in total. The molecule has 138 valence electrons. The van der Waals surface area contributed by atoms with Crippen molar-refractivity contribution in [3.63, 3.8) is 0 Å². The lowest BCUT2D eigenvalue weighted by atomic mass is 10.0. The number of rotatable bonds is 2. The summed E-state index contributed by atoms with van der Waals surface area (Å²) < 4.78 is 6.93. The minimum atomic E-state index is -0.613. The zero-order valence-corrected chi connectivity index (χ0v) is 15.4. The van der Waals surface area contributed by atoms with Crippen LogP contribution in [0.2, 0.25) is 0 Å². The Labute approximate surface area is 151 Å². The summed E-state index contributed by atoms with van der Waals surface area (Å²) >= 11 is 0. The number of likely N-dealkylation sites (N-methyl/N-ethyl adjacent to an activating group) is 1. The topological polar surface area (TPSA) is 80.6 Å². The smallest absolute Gasteiger partial charge is 0.419 e. The number of fused-ring (bicyclic) bond motifs is 1. The van der Waals surface area contributed by atoms with Crippen LogP contribution < -0.4 is 5.32 Å². The van der Waals surface area contributed by atoms with Crippen LogP contribution in [0.25, 0.3) is 10.9 Å². The highest BCUT2D eigenvalue weighted by Crippen LogP contribution is 2.25. The van der Waals surface area contributed by atoms with Crippen molar-refractivity contribution in [2.24, 2.45) is 0 Å². The second kappa shape index (κ2) is 6.48. The van der Waals surface area contributed by atoms with Gasteiger partial charge in [-0.25, -0.2) is 4.79 Å². The van der Waals surface area contributed by atoms with Crippen LogP contribution in [-0.2, 0) is 20.7 Å². The summed E-state index contributed by atoms with van der Waals surface area (Å²) in [7, 11) is 1.62. The molecule has 1 N–H and O–H groups in total. The fourth-order valence-electron chi connectivity index (χ4n) is 3.07. The van der Waals surface area contributed by atoms with Gasteiger partial charge >= 0.3 is 6.09 Å². The van der Waals surface area contributed by atoms with Crippen molar-refractivity contribution in [2.45, 2.75) is 38.8 Å². The summed E-state index contributed by atoms with van der Waals surface area (Å²) in [5.41, 5.74) is 0.911. The second-order valence-electron chi connectivity index (χ2n) is 7.46. The third-order valence-electron chi connectivity index (χ3n) is 4.38. The maximum atomic E-state index is 12.6. The van der Waals surface area contributed by atoms with E-state index in [2.05, 4.69) is 5.32 Å². The van der Waals surface area contributed by atoms with Gasteiger partial charge in [0, 0.05) is 25.1 Å². The minimum absolute atomic E-state index is 0.0193. The van der Waals surface area contributed by atoms with Crippen LogP contribution in [0, 0.1) is 0 Å². The number of nitrogens with zero attached hydrogens (tertiary/aromatic N) is 2. The van der Waals surface area contributed by atoms with Gasteiger partial charge in [0.15, 0.2) is 0 Å². The monoisotopic (exact) mass is 357 g/mol. The molecule has 2 aromatic rings. The molecule has 2 heterocycles. The molecule has 2 amide bonds. The summed E-state index contributed by atoms with van der Waals surface area (Å²) in [4.78, 5) is 38.1. The van der Waals surface area contributed by atoms with Crippen molar-refractivity contribution < 1.29 is 19.1 Å². The Morgan fingerprint density at radius 2 is 1.96 bits per heavy atom. The van der Waals surface area contributed by atoms with Crippen LogP contribution in [0.1, 0.15) is 26.3 Å². The van der Waals surface area contributed by atoms with Gasteiger partial charge in [-0.15, -0.1) is 0 Å². The predicted octanol–water partition coefficient (Wildman–Crippen LogP) is 1.92. The number of amides is 2. The summed E-state index contributed by atoms with van der Waals surface area (Å²) in [6.07, 6.45) is 1.54. The number of nitrogens with one attached hydrogen (secondary N) is 1. The lowest BCUT2D eigenvalue weighted by Crippen LogP contribution is -2.57. The van der Waals surface area contributed by atoms with Gasteiger partial charge in [0.25, 0.3) is 0 Å². The highest BCUT2D eigenvalue weighted by atomic mass is 16.6. The largest absolute Gasteiger partial charge is 0.443 e. The van der Waals surface area contributed by atoms with E-state index in [9.17, 15) is 14.4 Å². The lowest BCUT2D eigenvalue weighted by Gasteiger charge is -2.31. The highest BCUT2D eigenvalue weighted by Gasteiger charge is 2.33. The molecule has 1 fully saturated rings. The summed E-state index contributed by atoms with van der Waals surface area (Å²) in [6.45, 7) is 5.45. The van der Waals surface area contributed by atoms with E-state index in [0.717, 1.165) is 10.9 Å². The van der Waals surface area contributed by atoms with E-state index < -0.39 is 17.7 Å². The van der Waals surface area contributed by atoms with Crippen LogP contribution in [0.15, 0.2) is 30.5 Å². The Balaban J connectivity index is 1.98. The van der Waals surface area contributed by atoms with E-state index in [1.807, 2.05) is 45.0 Å². The lowest BCUT2D eigenvalue weighted by molar-refractivity contribution is -0.143. The number of piperazine rings is 1.